The summed E-state index contributed by atoms with van der Waals surface area (Å²) >= 11 is 0. The molecule has 0 aromatic rings. The molecule has 1 saturated carbocycles. The maximum atomic E-state index is 11.3. The number of carbonyl (C=O) groups is 1. The Hall–Kier alpha value is -0.280. The van der Waals surface area contributed by atoms with Gasteiger partial charge < -0.3 is 10.6 Å². The van der Waals surface area contributed by atoms with Gasteiger partial charge in [0.25, 0.3) is 0 Å². The van der Waals surface area contributed by atoms with Gasteiger partial charge in [-0.2, -0.15) is 0 Å². The molecule has 2 fully saturated rings. The predicted octanol–water partition coefficient (Wildman–Crippen LogP) is 0.439. The summed E-state index contributed by atoms with van der Waals surface area (Å²) in [5, 5.41) is 6.17. The maximum absolute atomic E-state index is 11.3. The van der Waals surface area contributed by atoms with Crippen molar-refractivity contribution < 1.29 is 4.79 Å². The number of carbonyl (C=O) groups excluding carboxylic acids is 1. The highest BCUT2D eigenvalue weighted by Gasteiger charge is 2.28. The number of rotatable bonds is 2. The van der Waals surface area contributed by atoms with Gasteiger partial charge in [-0.3, -0.25) is 4.79 Å². The van der Waals surface area contributed by atoms with Gasteiger partial charge in [-0.1, -0.05) is 0 Å². The summed E-state index contributed by atoms with van der Waals surface area (Å²) in [6.07, 6.45) is 4.51. The minimum absolute atomic E-state index is 0. The van der Waals surface area contributed by atoms with Crippen LogP contribution >= 0.6 is 12.4 Å². The molecule has 12 heavy (non-hydrogen) atoms. The highest BCUT2D eigenvalue weighted by atomic mass is 35.5. The van der Waals surface area contributed by atoms with E-state index in [1.165, 1.54) is 12.8 Å². The van der Waals surface area contributed by atoms with E-state index in [4.69, 9.17) is 0 Å². The Kier molecular flexibility index (Phi) is 3.35. The second kappa shape index (κ2) is 4.10. The molecular weight excluding hydrogens is 176 g/mol. The molecule has 0 radical (unpaired) electrons. The van der Waals surface area contributed by atoms with Gasteiger partial charge in [0.1, 0.15) is 0 Å². The van der Waals surface area contributed by atoms with Crippen molar-refractivity contribution >= 4 is 18.3 Å². The zero-order valence-corrected chi connectivity index (χ0v) is 7.82. The standard InChI is InChI=1S/C8H14N2O.ClH/c11-8(10-6-3-4-6)7-2-1-5-9-7;/h6-7,9H,1-5H2,(H,10,11);1H/t7-;/m1./s1. The van der Waals surface area contributed by atoms with Gasteiger partial charge >= 0.3 is 0 Å². The second-order valence-corrected chi connectivity index (χ2v) is 3.43. The lowest BCUT2D eigenvalue weighted by molar-refractivity contribution is -0.122. The molecule has 0 unspecified atom stereocenters. The van der Waals surface area contributed by atoms with E-state index in [9.17, 15) is 4.79 Å². The fourth-order valence-electron chi connectivity index (χ4n) is 1.44. The van der Waals surface area contributed by atoms with Gasteiger partial charge in [0, 0.05) is 6.04 Å². The third-order valence-electron chi connectivity index (χ3n) is 2.30. The van der Waals surface area contributed by atoms with E-state index < -0.39 is 0 Å². The van der Waals surface area contributed by atoms with E-state index in [-0.39, 0.29) is 24.4 Å². The van der Waals surface area contributed by atoms with Crippen molar-refractivity contribution in [1.29, 1.82) is 0 Å². The van der Waals surface area contributed by atoms with Crippen LogP contribution in [0.3, 0.4) is 0 Å². The third kappa shape index (κ3) is 2.35. The van der Waals surface area contributed by atoms with Crippen LogP contribution in [0.15, 0.2) is 0 Å². The topological polar surface area (TPSA) is 41.1 Å². The van der Waals surface area contributed by atoms with Crippen LogP contribution in [0.2, 0.25) is 0 Å². The average Bonchev–Trinajstić information content (AvgIpc) is 2.67. The SMILES string of the molecule is Cl.O=C(NC1CC1)[C@H]1CCCN1. The van der Waals surface area contributed by atoms with E-state index in [0.717, 1.165) is 19.4 Å². The number of hydrogen-bond donors (Lipinski definition) is 2. The highest BCUT2D eigenvalue weighted by Crippen LogP contribution is 2.19. The first-order valence-corrected chi connectivity index (χ1v) is 4.40. The first kappa shape index (κ1) is 9.81. The molecule has 0 aromatic heterocycles. The first-order chi connectivity index (χ1) is 5.36. The van der Waals surface area contributed by atoms with Crippen LogP contribution in [0, 0.1) is 0 Å². The van der Waals surface area contributed by atoms with Crippen LogP contribution in [0.5, 0.6) is 0 Å². The van der Waals surface area contributed by atoms with Crippen molar-refractivity contribution in [2.75, 3.05) is 6.54 Å². The fourth-order valence-corrected chi connectivity index (χ4v) is 1.44. The first-order valence-electron chi connectivity index (χ1n) is 4.40. The van der Waals surface area contributed by atoms with Crippen molar-refractivity contribution in [2.45, 2.75) is 37.8 Å². The molecule has 1 atom stereocenters. The number of nitrogens with one attached hydrogen (secondary N) is 2. The van der Waals surface area contributed by atoms with E-state index in [2.05, 4.69) is 10.6 Å². The molecule has 0 bridgehead atoms. The van der Waals surface area contributed by atoms with Crippen molar-refractivity contribution in [1.82, 2.24) is 10.6 Å². The Morgan fingerprint density at radius 2 is 2.08 bits per heavy atom. The monoisotopic (exact) mass is 190 g/mol. The smallest absolute Gasteiger partial charge is 0.237 e. The largest absolute Gasteiger partial charge is 0.352 e. The molecule has 1 aliphatic heterocycles. The lowest BCUT2D eigenvalue weighted by atomic mass is 10.2. The molecule has 4 heteroatoms. The minimum Gasteiger partial charge on any atom is -0.352 e. The molecule has 70 valence electrons. The molecule has 1 heterocycles. The minimum atomic E-state index is 0. The molecule has 2 rings (SSSR count). The Balaban J connectivity index is 0.000000720. The molecule has 0 aromatic carbocycles. The molecule has 2 N–H and O–H groups in total. The van der Waals surface area contributed by atoms with Crippen LogP contribution in [0.4, 0.5) is 0 Å². The number of amides is 1. The highest BCUT2D eigenvalue weighted by molar-refractivity contribution is 5.85. The zero-order chi connectivity index (χ0) is 7.68. The molecule has 3 nitrogen and oxygen atoms in total. The fraction of sp³-hybridized carbons (Fsp3) is 0.875. The summed E-state index contributed by atoms with van der Waals surface area (Å²) in [6.45, 7) is 1.00. The molecule has 1 saturated heterocycles. The van der Waals surface area contributed by atoms with E-state index >= 15 is 0 Å². The van der Waals surface area contributed by atoms with Crippen LogP contribution in [0.25, 0.3) is 0 Å². The number of hydrogen-bond acceptors (Lipinski definition) is 2. The van der Waals surface area contributed by atoms with Crippen LogP contribution in [-0.4, -0.2) is 24.5 Å². The second-order valence-electron chi connectivity index (χ2n) is 3.43. The summed E-state index contributed by atoms with van der Waals surface area (Å²) in [5.74, 6) is 0.213. The van der Waals surface area contributed by atoms with Crippen molar-refractivity contribution in [3.63, 3.8) is 0 Å². The molecule has 0 spiro atoms. The predicted molar refractivity (Wildman–Crippen MR) is 49.4 cm³/mol. The van der Waals surface area contributed by atoms with Crippen molar-refractivity contribution in [2.24, 2.45) is 0 Å². The Morgan fingerprint density at radius 1 is 1.33 bits per heavy atom. The number of halogens is 1. The van der Waals surface area contributed by atoms with E-state index in [0.29, 0.717) is 6.04 Å². The van der Waals surface area contributed by atoms with Crippen LogP contribution in [-0.2, 0) is 4.79 Å². The summed E-state index contributed by atoms with van der Waals surface area (Å²) in [5.41, 5.74) is 0. The van der Waals surface area contributed by atoms with E-state index in [1.807, 2.05) is 0 Å². The van der Waals surface area contributed by atoms with Gasteiger partial charge in [0.2, 0.25) is 5.91 Å². The Morgan fingerprint density at radius 3 is 2.58 bits per heavy atom. The van der Waals surface area contributed by atoms with Gasteiger partial charge in [-0.25, -0.2) is 0 Å². The molecule has 1 aliphatic carbocycles. The summed E-state index contributed by atoms with van der Waals surface area (Å²) in [6, 6.07) is 0.612. The normalized spacial score (nSPS) is 27.8. The van der Waals surface area contributed by atoms with Gasteiger partial charge in [-0.05, 0) is 32.2 Å². The van der Waals surface area contributed by atoms with Crippen LogP contribution < -0.4 is 10.6 Å². The molecule has 2 aliphatic rings. The molecule has 1 amide bonds. The third-order valence-corrected chi connectivity index (χ3v) is 2.30. The van der Waals surface area contributed by atoms with Crippen molar-refractivity contribution in [3.8, 4) is 0 Å². The Bertz CT molecular complexity index is 164. The maximum Gasteiger partial charge on any atom is 0.237 e. The van der Waals surface area contributed by atoms with Crippen molar-refractivity contribution in [3.05, 3.63) is 0 Å². The average molecular weight is 191 g/mol. The van der Waals surface area contributed by atoms with Gasteiger partial charge in [0.15, 0.2) is 0 Å². The Labute approximate surface area is 78.7 Å². The lowest BCUT2D eigenvalue weighted by Crippen LogP contribution is -2.41. The lowest BCUT2D eigenvalue weighted by Gasteiger charge is -2.09. The van der Waals surface area contributed by atoms with E-state index in [1.54, 1.807) is 0 Å². The quantitative estimate of drug-likeness (QED) is 0.664. The van der Waals surface area contributed by atoms with Gasteiger partial charge in [0.05, 0.1) is 6.04 Å². The van der Waals surface area contributed by atoms with Crippen LogP contribution in [0.1, 0.15) is 25.7 Å². The molecular formula is C8H15ClN2O. The van der Waals surface area contributed by atoms with Gasteiger partial charge in [-0.15, -0.1) is 12.4 Å². The summed E-state index contributed by atoms with van der Waals surface area (Å²) in [4.78, 5) is 11.3. The summed E-state index contributed by atoms with van der Waals surface area (Å²) in [7, 11) is 0. The summed E-state index contributed by atoms with van der Waals surface area (Å²) < 4.78 is 0. The zero-order valence-electron chi connectivity index (χ0n) is 7.01.